The van der Waals surface area contributed by atoms with E-state index in [9.17, 15) is 9.59 Å². The van der Waals surface area contributed by atoms with Crippen LogP contribution in [0.1, 0.15) is 25.7 Å². The molecular weight excluding hydrogens is 168 g/mol. The highest BCUT2D eigenvalue weighted by Crippen LogP contribution is 2.33. The first kappa shape index (κ1) is 9.96. The third-order valence-corrected chi connectivity index (χ3v) is 2.60. The number of Topliss-reactive ketones (excluding diaryl/α,β-unsaturated/α-hetero) is 1. The minimum absolute atomic E-state index is 0.0306. The fourth-order valence-electron chi connectivity index (χ4n) is 1.95. The highest BCUT2D eigenvalue weighted by Gasteiger charge is 2.34. The van der Waals surface area contributed by atoms with E-state index in [1.165, 1.54) is 0 Å². The lowest BCUT2D eigenvalue weighted by Crippen LogP contribution is -2.16. The monoisotopic (exact) mass is 182 g/mol. The predicted octanol–water partition coefficient (Wildman–Crippen LogP) is 1.63. The number of hydrogen-bond acceptors (Lipinski definition) is 2. The van der Waals surface area contributed by atoms with E-state index in [0.717, 1.165) is 6.42 Å². The van der Waals surface area contributed by atoms with Gasteiger partial charge in [-0.2, -0.15) is 0 Å². The normalized spacial score (nSPS) is 27.5. The standard InChI is InChI=1S/C10H14O3/c1-2-3-8-7(6-10(12)13)4-5-9(8)11/h2,7-8H,1,3-6H2,(H,12,13). The van der Waals surface area contributed by atoms with Gasteiger partial charge in [-0.05, 0) is 18.8 Å². The van der Waals surface area contributed by atoms with Crippen molar-refractivity contribution in [3.8, 4) is 0 Å². The molecule has 1 fully saturated rings. The zero-order valence-corrected chi connectivity index (χ0v) is 7.53. The SMILES string of the molecule is C=CCC1C(=O)CCC1CC(=O)O. The van der Waals surface area contributed by atoms with Gasteiger partial charge in [-0.25, -0.2) is 0 Å². The quantitative estimate of drug-likeness (QED) is 0.672. The van der Waals surface area contributed by atoms with Crippen LogP contribution in [0.5, 0.6) is 0 Å². The molecule has 0 aromatic rings. The van der Waals surface area contributed by atoms with Gasteiger partial charge in [-0.1, -0.05) is 6.08 Å². The Labute approximate surface area is 77.4 Å². The average molecular weight is 182 g/mol. The molecule has 0 bridgehead atoms. The molecule has 3 heteroatoms. The topological polar surface area (TPSA) is 54.4 Å². The fraction of sp³-hybridized carbons (Fsp3) is 0.600. The van der Waals surface area contributed by atoms with Crippen LogP contribution < -0.4 is 0 Å². The lowest BCUT2D eigenvalue weighted by molar-refractivity contribution is -0.138. The molecule has 0 aromatic heterocycles. The van der Waals surface area contributed by atoms with E-state index in [-0.39, 0.29) is 24.0 Å². The summed E-state index contributed by atoms with van der Waals surface area (Å²) in [5, 5.41) is 8.61. The van der Waals surface area contributed by atoms with Crippen molar-refractivity contribution in [1.82, 2.24) is 0 Å². The van der Waals surface area contributed by atoms with E-state index in [1.54, 1.807) is 6.08 Å². The Balaban J connectivity index is 2.58. The molecule has 1 N–H and O–H groups in total. The third kappa shape index (κ3) is 2.41. The maximum absolute atomic E-state index is 11.3. The summed E-state index contributed by atoms with van der Waals surface area (Å²) < 4.78 is 0. The van der Waals surface area contributed by atoms with Gasteiger partial charge < -0.3 is 5.11 Å². The van der Waals surface area contributed by atoms with Crippen LogP contribution in [0.3, 0.4) is 0 Å². The number of aliphatic carboxylic acids is 1. The van der Waals surface area contributed by atoms with E-state index in [2.05, 4.69) is 6.58 Å². The summed E-state index contributed by atoms with van der Waals surface area (Å²) in [6, 6.07) is 0. The van der Waals surface area contributed by atoms with Crippen LogP contribution in [-0.2, 0) is 9.59 Å². The van der Waals surface area contributed by atoms with Crippen LogP contribution in [0.2, 0.25) is 0 Å². The van der Waals surface area contributed by atoms with Crippen LogP contribution in [0, 0.1) is 11.8 Å². The summed E-state index contributed by atoms with van der Waals surface area (Å²) >= 11 is 0. The lowest BCUT2D eigenvalue weighted by Gasteiger charge is -2.13. The lowest BCUT2D eigenvalue weighted by atomic mass is 9.90. The first-order valence-electron chi connectivity index (χ1n) is 4.50. The van der Waals surface area contributed by atoms with Crippen LogP contribution in [0.25, 0.3) is 0 Å². The van der Waals surface area contributed by atoms with Gasteiger partial charge in [0.05, 0.1) is 0 Å². The first-order chi connectivity index (χ1) is 6.15. The molecule has 72 valence electrons. The number of hydrogen-bond donors (Lipinski definition) is 1. The molecule has 0 aliphatic heterocycles. The molecule has 0 radical (unpaired) electrons. The Morgan fingerprint density at radius 3 is 2.92 bits per heavy atom. The summed E-state index contributed by atoms with van der Waals surface area (Å²) in [4.78, 5) is 21.8. The van der Waals surface area contributed by atoms with Gasteiger partial charge in [0, 0.05) is 18.8 Å². The minimum atomic E-state index is -0.811. The summed E-state index contributed by atoms with van der Waals surface area (Å²) in [7, 11) is 0. The second kappa shape index (κ2) is 4.21. The highest BCUT2D eigenvalue weighted by molar-refractivity contribution is 5.84. The number of carboxylic acids is 1. The first-order valence-corrected chi connectivity index (χ1v) is 4.50. The number of ketones is 1. The van der Waals surface area contributed by atoms with E-state index in [4.69, 9.17) is 5.11 Å². The molecule has 1 rings (SSSR count). The molecule has 1 aliphatic rings. The zero-order chi connectivity index (χ0) is 9.84. The summed E-state index contributed by atoms with van der Waals surface area (Å²) in [6.07, 6.45) is 3.70. The number of rotatable bonds is 4. The summed E-state index contributed by atoms with van der Waals surface area (Å²) in [6.45, 7) is 3.57. The average Bonchev–Trinajstić information content (AvgIpc) is 2.35. The van der Waals surface area contributed by atoms with Gasteiger partial charge in [0.25, 0.3) is 0 Å². The molecule has 0 aromatic carbocycles. The molecule has 2 unspecified atom stereocenters. The van der Waals surface area contributed by atoms with Gasteiger partial charge in [-0.15, -0.1) is 6.58 Å². The molecular formula is C10H14O3. The molecule has 0 heterocycles. The van der Waals surface area contributed by atoms with Crippen molar-refractivity contribution in [2.75, 3.05) is 0 Å². The van der Waals surface area contributed by atoms with Crippen molar-refractivity contribution < 1.29 is 14.7 Å². The number of allylic oxidation sites excluding steroid dienone is 1. The second-order valence-corrected chi connectivity index (χ2v) is 3.49. The summed E-state index contributed by atoms with van der Waals surface area (Å²) in [5.41, 5.74) is 0. The zero-order valence-electron chi connectivity index (χ0n) is 7.53. The Bertz CT molecular complexity index is 232. The Morgan fingerprint density at radius 2 is 2.38 bits per heavy atom. The second-order valence-electron chi connectivity index (χ2n) is 3.49. The van der Waals surface area contributed by atoms with Crippen molar-refractivity contribution in [2.45, 2.75) is 25.7 Å². The molecule has 0 saturated heterocycles. The van der Waals surface area contributed by atoms with Crippen molar-refractivity contribution >= 4 is 11.8 Å². The predicted molar refractivity (Wildman–Crippen MR) is 48.3 cm³/mol. The Hall–Kier alpha value is -1.12. The molecule has 13 heavy (non-hydrogen) atoms. The third-order valence-electron chi connectivity index (χ3n) is 2.60. The fourth-order valence-corrected chi connectivity index (χ4v) is 1.95. The molecule has 0 spiro atoms. The van der Waals surface area contributed by atoms with Crippen LogP contribution in [-0.4, -0.2) is 16.9 Å². The van der Waals surface area contributed by atoms with Crippen molar-refractivity contribution in [2.24, 2.45) is 11.8 Å². The van der Waals surface area contributed by atoms with E-state index in [0.29, 0.717) is 12.8 Å². The maximum Gasteiger partial charge on any atom is 0.303 e. The largest absolute Gasteiger partial charge is 0.481 e. The van der Waals surface area contributed by atoms with E-state index in [1.807, 2.05) is 0 Å². The molecule has 1 aliphatic carbocycles. The van der Waals surface area contributed by atoms with Crippen molar-refractivity contribution in [3.63, 3.8) is 0 Å². The van der Waals surface area contributed by atoms with Gasteiger partial charge in [-0.3, -0.25) is 9.59 Å². The Kier molecular flexibility index (Phi) is 3.23. The van der Waals surface area contributed by atoms with Gasteiger partial charge >= 0.3 is 5.97 Å². The molecule has 0 amide bonds. The number of carbonyl (C=O) groups excluding carboxylic acids is 1. The number of carboxylic acid groups (broad SMARTS) is 1. The van der Waals surface area contributed by atoms with E-state index < -0.39 is 5.97 Å². The molecule has 1 saturated carbocycles. The maximum atomic E-state index is 11.3. The molecule has 2 atom stereocenters. The minimum Gasteiger partial charge on any atom is -0.481 e. The highest BCUT2D eigenvalue weighted by atomic mass is 16.4. The molecule has 3 nitrogen and oxygen atoms in total. The Morgan fingerprint density at radius 1 is 1.69 bits per heavy atom. The van der Waals surface area contributed by atoms with Gasteiger partial charge in [0.2, 0.25) is 0 Å². The van der Waals surface area contributed by atoms with Crippen LogP contribution in [0.15, 0.2) is 12.7 Å². The summed E-state index contributed by atoms with van der Waals surface area (Å²) in [5.74, 6) is -0.670. The van der Waals surface area contributed by atoms with Gasteiger partial charge in [0.15, 0.2) is 0 Å². The number of carbonyl (C=O) groups is 2. The van der Waals surface area contributed by atoms with Gasteiger partial charge in [0.1, 0.15) is 5.78 Å². The van der Waals surface area contributed by atoms with Crippen LogP contribution in [0.4, 0.5) is 0 Å². The smallest absolute Gasteiger partial charge is 0.303 e. The van der Waals surface area contributed by atoms with E-state index >= 15 is 0 Å². The van der Waals surface area contributed by atoms with Crippen LogP contribution >= 0.6 is 0 Å². The van der Waals surface area contributed by atoms with Crippen molar-refractivity contribution in [1.29, 1.82) is 0 Å². The van der Waals surface area contributed by atoms with Crippen molar-refractivity contribution in [3.05, 3.63) is 12.7 Å².